The summed E-state index contributed by atoms with van der Waals surface area (Å²) in [7, 11) is 0. The summed E-state index contributed by atoms with van der Waals surface area (Å²) in [5.41, 5.74) is 2.05. The molecule has 4 rings (SSSR count). The zero-order chi connectivity index (χ0) is 17.1. The molecule has 0 bridgehead atoms. The summed E-state index contributed by atoms with van der Waals surface area (Å²) in [6.45, 7) is 1.50. The molecule has 1 aromatic heterocycles. The van der Waals surface area contributed by atoms with E-state index in [1.807, 2.05) is 53.4 Å². The molecule has 0 atom stereocenters. The lowest BCUT2D eigenvalue weighted by molar-refractivity contribution is -0.132. The number of nitrogens with zero attached hydrogens (tertiary/aromatic N) is 2. The minimum Gasteiger partial charge on any atom is -0.467 e. The molecule has 1 amide bonds. The normalized spacial score (nSPS) is 15.4. The second-order valence-corrected chi connectivity index (χ2v) is 7.30. The summed E-state index contributed by atoms with van der Waals surface area (Å²) in [6.07, 6.45) is 2.33. The van der Waals surface area contributed by atoms with E-state index in [0.29, 0.717) is 6.42 Å². The van der Waals surface area contributed by atoms with Crippen LogP contribution in [0.4, 0.5) is 0 Å². The van der Waals surface area contributed by atoms with Gasteiger partial charge in [-0.1, -0.05) is 53.8 Å². The minimum atomic E-state index is 0.140. The molecular formula is C20H20N2O2S. The average Bonchev–Trinajstić information content (AvgIpc) is 3.05. The van der Waals surface area contributed by atoms with Gasteiger partial charge in [-0.2, -0.15) is 0 Å². The van der Waals surface area contributed by atoms with E-state index in [-0.39, 0.29) is 12.0 Å². The molecule has 1 aliphatic rings. The number of thiazole rings is 1. The Labute approximate surface area is 151 Å². The Hall–Kier alpha value is -2.40. The van der Waals surface area contributed by atoms with Crippen molar-refractivity contribution >= 4 is 27.5 Å². The van der Waals surface area contributed by atoms with Crippen LogP contribution in [0.25, 0.3) is 10.2 Å². The maximum absolute atomic E-state index is 12.4. The predicted molar refractivity (Wildman–Crippen MR) is 100.0 cm³/mol. The highest BCUT2D eigenvalue weighted by molar-refractivity contribution is 7.20. The predicted octanol–water partition coefficient (Wildman–Crippen LogP) is 3.91. The van der Waals surface area contributed by atoms with Crippen LogP contribution in [0.1, 0.15) is 18.4 Å². The first-order valence-corrected chi connectivity index (χ1v) is 9.43. The molecule has 0 unspecified atom stereocenters. The van der Waals surface area contributed by atoms with E-state index >= 15 is 0 Å². The Bertz CT molecular complexity index is 821. The van der Waals surface area contributed by atoms with Crippen LogP contribution >= 0.6 is 11.3 Å². The lowest BCUT2D eigenvalue weighted by atomic mass is 10.1. The highest BCUT2D eigenvalue weighted by atomic mass is 32.1. The third-order valence-corrected chi connectivity index (χ3v) is 5.46. The number of carbonyl (C=O) groups excluding carboxylic acids is 1. The number of hydrogen-bond donors (Lipinski definition) is 0. The Balaban J connectivity index is 1.31. The first-order chi connectivity index (χ1) is 12.3. The second kappa shape index (κ2) is 7.23. The van der Waals surface area contributed by atoms with E-state index in [0.717, 1.165) is 46.9 Å². The molecule has 4 nitrogen and oxygen atoms in total. The van der Waals surface area contributed by atoms with Crippen molar-refractivity contribution in [2.24, 2.45) is 0 Å². The Morgan fingerprint density at radius 2 is 1.80 bits per heavy atom. The van der Waals surface area contributed by atoms with E-state index in [2.05, 4.69) is 11.1 Å². The number of likely N-dealkylation sites (tertiary alicyclic amines) is 1. The largest absolute Gasteiger partial charge is 0.467 e. The minimum absolute atomic E-state index is 0.140. The van der Waals surface area contributed by atoms with E-state index in [1.54, 1.807) is 11.3 Å². The van der Waals surface area contributed by atoms with Crippen LogP contribution in [0.15, 0.2) is 54.6 Å². The first-order valence-electron chi connectivity index (χ1n) is 8.62. The fourth-order valence-electron chi connectivity index (χ4n) is 3.15. The van der Waals surface area contributed by atoms with E-state index in [9.17, 15) is 4.79 Å². The molecular weight excluding hydrogens is 332 g/mol. The van der Waals surface area contributed by atoms with E-state index in [4.69, 9.17) is 4.74 Å². The third kappa shape index (κ3) is 3.82. The zero-order valence-electron chi connectivity index (χ0n) is 13.9. The molecule has 5 heteroatoms. The average molecular weight is 352 g/mol. The Kier molecular flexibility index (Phi) is 4.65. The summed E-state index contributed by atoms with van der Waals surface area (Å²) in [5.74, 6) is 0.199. The number of carbonyl (C=O) groups is 1. The summed E-state index contributed by atoms with van der Waals surface area (Å²) in [4.78, 5) is 18.9. The van der Waals surface area contributed by atoms with Gasteiger partial charge in [0.1, 0.15) is 6.10 Å². The summed E-state index contributed by atoms with van der Waals surface area (Å²) in [5, 5.41) is 0.732. The first kappa shape index (κ1) is 16.1. The highest BCUT2D eigenvalue weighted by Crippen LogP contribution is 2.29. The number of para-hydroxylation sites is 1. The van der Waals surface area contributed by atoms with Crippen LogP contribution in [0.5, 0.6) is 5.19 Å². The smallest absolute Gasteiger partial charge is 0.274 e. The highest BCUT2D eigenvalue weighted by Gasteiger charge is 2.24. The molecule has 1 aliphatic heterocycles. The summed E-state index contributed by atoms with van der Waals surface area (Å²) < 4.78 is 7.20. The SMILES string of the molecule is O=C(Cc1ccccc1)N1CCC(Oc2nc3ccccc3s2)CC1. The number of benzene rings is 2. The van der Waals surface area contributed by atoms with Crippen molar-refractivity contribution in [1.82, 2.24) is 9.88 Å². The van der Waals surface area contributed by atoms with Crippen molar-refractivity contribution in [3.05, 3.63) is 60.2 Å². The van der Waals surface area contributed by atoms with Gasteiger partial charge in [-0.05, 0) is 17.7 Å². The molecule has 2 aromatic carbocycles. The Morgan fingerprint density at radius 3 is 2.56 bits per heavy atom. The summed E-state index contributed by atoms with van der Waals surface area (Å²) >= 11 is 1.59. The van der Waals surface area contributed by atoms with Gasteiger partial charge in [-0.25, -0.2) is 4.98 Å². The number of piperidine rings is 1. The third-order valence-electron chi connectivity index (χ3n) is 4.53. The van der Waals surface area contributed by atoms with Gasteiger partial charge in [0, 0.05) is 25.9 Å². The fourth-order valence-corrected chi connectivity index (χ4v) is 4.03. The van der Waals surface area contributed by atoms with Crippen molar-refractivity contribution in [2.75, 3.05) is 13.1 Å². The Morgan fingerprint density at radius 1 is 1.08 bits per heavy atom. The lowest BCUT2D eigenvalue weighted by Crippen LogP contribution is -2.42. The maximum Gasteiger partial charge on any atom is 0.274 e. The molecule has 0 N–H and O–H groups in total. The number of rotatable bonds is 4. The van der Waals surface area contributed by atoms with Gasteiger partial charge in [-0.3, -0.25) is 4.79 Å². The van der Waals surface area contributed by atoms with Gasteiger partial charge in [0.15, 0.2) is 0 Å². The van der Waals surface area contributed by atoms with Gasteiger partial charge >= 0.3 is 0 Å². The van der Waals surface area contributed by atoms with Crippen LogP contribution in [0, 0.1) is 0 Å². The number of aromatic nitrogens is 1. The molecule has 0 spiro atoms. The van der Waals surface area contributed by atoms with Crippen molar-refractivity contribution in [3.63, 3.8) is 0 Å². The molecule has 3 aromatic rings. The second-order valence-electron chi connectivity index (χ2n) is 6.31. The maximum atomic E-state index is 12.4. The van der Waals surface area contributed by atoms with Gasteiger partial charge in [0.25, 0.3) is 5.19 Å². The van der Waals surface area contributed by atoms with Crippen LogP contribution in [-0.2, 0) is 11.2 Å². The standard InChI is InChI=1S/C20H20N2O2S/c23-19(14-15-6-2-1-3-7-15)22-12-10-16(11-13-22)24-20-21-17-8-4-5-9-18(17)25-20/h1-9,16H,10-14H2. The van der Waals surface area contributed by atoms with Crippen LogP contribution < -0.4 is 4.74 Å². The molecule has 1 fully saturated rings. The quantitative estimate of drug-likeness (QED) is 0.715. The van der Waals surface area contributed by atoms with Crippen molar-refractivity contribution in [2.45, 2.75) is 25.4 Å². The van der Waals surface area contributed by atoms with Gasteiger partial charge < -0.3 is 9.64 Å². The molecule has 25 heavy (non-hydrogen) atoms. The molecule has 128 valence electrons. The van der Waals surface area contributed by atoms with Crippen LogP contribution in [-0.4, -0.2) is 35.0 Å². The number of hydrogen-bond acceptors (Lipinski definition) is 4. The molecule has 0 aliphatic carbocycles. The fraction of sp³-hybridized carbons (Fsp3) is 0.300. The van der Waals surface area contributed by atoms with Crippen molar-refractivity contribution < 1.29 is 9.53 Å². The van der Waals surface area contributed by atoms with Gasteiger partial charge in [0.05, 0.1) is 16.6 Å². The van der Waals surface area contributed by atoms with Gasteiger partial charge in [0.2, 0.25) is 5.91 Å². The van der Waals surface area contributed by atoms with Gasteiger partial charge in [-0.15, -0.1) is 0 Å². The number of amides is 1. The van der Waals surface area contributed by atoms with E-state index in [1.165, 1.54) is 0 Å². The zero-order valence-corrected chi connectivity index (χ0v) is 14.7. The monoisotopic (exact) mass is 352 g/mol. The van der Waals surface area contributed by atoms with Crippen molar-refractivity contribution in [1.29, 1.82) is 0 Å². The lowest BCUT2D eigenvalue weighted by Gasteiger charge is -2.31. The molecule has 0 saturated carbocycles. The number of fused-ring (bicyclic) bond motifs is 1. The molecule has 2 heterocycles. The molecule has 0 radical (unpaired) electrons. The van der Waals surface area contributed by atoms with Crippen LogP contribution in [0.3, 0.4) is 0 Å². The summed E-state index contributed by atoms with van der Waals surface area (Å²) in [6, 6.07) is 18.0. The van der Waals surface area contributed by atoms with Crippen molar-refractivity contribution in [3.8, 4) is 5.19 Å². The van der Waals surface area contributed by atoms with E-state index < -0.39 is 0 Å². The van der Waals surface area contributed by atoms with Crippen LogP contribution in [0.2, 0.25) is 0 Å². The topological polar surface area (TPSA) is 42.4 Å². The molecule has 1 saturated heterocycles. The number of ether oxygens (including phenoxy) is 1.